The van der Waals surface area contributed by atoms with Crippen molar-refractivity contribution in [3.63, 3.8) is 0 Å². The summed E-state index contributed by atoms with van der Waals surface area (Å²) in [4.78, 5) is 23.5. The maximum Gasteiger partial charge on any atom is 0.216 e. The summed E-state index contributed by atoms with van der Waals surface area (Å²) in [5, 5.41) is 11.5. The van der Waals surface area contributed by atoms with E-state index in [1.165, 1.54) is 18.7 Å². The Morgan fingerprint density at radius 3 is 2.62 bits per heavy atom. The maximum absolute atomic E-state index is 12.6. The van der Waals surface area contributed by atoms with Crippen molar-refractivity contribution in [1.29, 1.82) is 0 Å². The summed E-state index contributed by atoms with van der Waals surface area (Å²) in [6, 6.07) is 15.0. The fraction of sp³-hybridized carbons (Fsp3) is 0.238. The number of Topliss-reactive ketones (excluding diaryl/α,β-unsaturated/α-hetero) is 1. The highest BCUT2D eigenvalue weighted by atomic mass is 32.2. The zero-order valence-electron chi connectivity index (χ0n) is 16.3. The van der Waals surface area contributed by atoms with E-state index >= 15 is 0 Å². The van der Waals surface area contributed by atoms with Crippen LogP contribution in [0.4, 0.5) is 0 Å². The van der Waals surface area contributed by atoms with Gasteiger partial charge in [0.2, 0.25) is 5.91 Å². The molecule has 0 unspecified atom stereocenters. The summed E-state index contributed by atoms with van der Waals surface area (Å²) >= 11 is 1.33. The molecular weight excluding hydrogens is 388 g/mol. The molecule has 0 aliphatic rings. The number of ether oxygens (including phenoxy) is 1. The molecule has 3 aromatic rings. The van der Waals surface area contributed by atoms with Crippen LogP contribution in [0.2, 0.25) is 0 Å². The van der Waals surface area contributed by atoms with Crippen LogP contribution in [0.5, 0.6) is 5.75 Å². The van der Waals surface area contributed by atoms with Gasteiger partial charge in [-0.05, 0) is 24.1 Å². The number of carbonyl (C=O) groups is 2. The molecule has 0 aliphatic carbocycles. The largest absolute Gasteiger partial charge is 0.495 e. The molecule has 1 heterocycles. The van der Waals surface area contributed by atoms with Gasteiger partial charge in [-0.25, -0.2) is 0 Å². The monoisotopic (exact) mass is 410 g/mol. The van der Waals surface area contributed by atoms with Crippen molar-refractivity contribution in [2.45, 2.75) is 18.5 Å². The van der Waals surface area contributed by atoms with Crippen LogP contribution < -0.4 is 10.1 Å². The summed E-state index contributed by atoms with van der Waals surface area (Å²) in [7, 11) is 1.61. The minimum absolute atomic E-state index is 0.0120. The summed E-state index contributed by atoms with van der Waals surface area (Å²) in [5.74, 6) is 0.919. The smallest absolute Gasteiger partial charge is 0.216 e. The standard InChI is InChI=1S/C21H22N4O3S/c1-15(26)22-12-11-16-7-9-17(10-8-16)19(27)13-29-21-24-23-14-25(21)18-5-3-4-6-20(18)28-2/h3-10,14H,11-13H2,1-2H3,(H,22,26). The Bertz CT molecular complexity index is 986. The first kappa shape index (κ1) is 20.6. The van der Waals surface area contributed by atoms with Gasteiger partial charge < -0.3 is 10.1 Å². The molecule has 1 amide bonds. The van der Waals surface area contributed by atoms with E-state index in [2.05, 4.69) is 15.5 Å². The quantitative estimate of drug-likeness (QED) is 0.431. The van der Waals surface area contributed by atoms with E-state index in [9.17, 15) is 9.59 Å². The van der Waals surface area contributed by atoms with Crippen molar-refractivity contribution in [1.82, 2.24) is 20.1 Å². The van der Waals surface area contributed by atoms with E-state index in [4.69, 9.17) is 4.74 Å². The van der Waals surface area contributed by atoms with E-state index in [0.717, 1.165) is 17.7 Å². The molecule has 0 radical (unpaired) electrons. The topological polar surface area (TPSA) is 86.1 Å². The second kappa shape index (κ2) is 9.88. The number of methoxy groups -OCH3 is 1. The minimum Gasteiger partial charge on any atom is -0.495 e. The van der Waals surface area contributed by atoms with Gasteiger partial charge in [0.25, 0.3) is 0 Å². The highest BCUT2D eigenvalue weighted by molar-refractivity contribution is 7.99. The second-order valence-electron chi connectivity index (χ2n) is 6.30. The highest BCUT2D eigenvalue weighted by Gasteiger charge is 2.14. The lowest BCUT2D eigenvalue weighted by Crippen LogP contribution is -2.22. The molecular formula is C21H22N4O3S. The molecule has 1 N–H and O–H groups in total. The number of rotatable bonds is 9. The van der Waals surface area contributed by atoms with Gasteiger partial charge >= 0.3 is 0 Å². The van der Waals surface area contributed by atoms with Crippen molar-refractivity contribution < 1.29 is 14.3 Å². The third kappa shape index (κ3) is 5.45. The summed E-state index contributed by atoms with van der Waals surface area (Å²) in [5.41, 5.74) is 2.53. The lowest BCUT2D eigenvalue weighted by atomic mass is 10.1. The number of hydrogen-bond donors (Lipinski definition) is 1. The van der Waals surface area contributed by atoms with Gasteiger partial charge in [0, 0.05) is 19.0 Å². The molecule has 8 heteroatoms. The number of ketones is 1. The summed E-state index contributed by atoms with van der Waals surface area (Å²) < 4.78 is 7.20. The van der Waals surface area contributed by atoms with Gasteiger partial charge in [-0.1, -0.05) is 48.2 Å². The van der Waals surface area contributed by atoms with Gasteiger partial charge in [0.15, 0.2) is 10.9 Å². The molecule has 2 aromatic carbocycles. The van der Waals surface area contributed by atoms with E-state index in [-0.39, 0.29) is 17.4 Å². The molecule has 0 saturated heterocycles. The van der Waals surface area contributed by atoms with Crippen LogP contribution in [0.15, 0.2) is 60.0 Å². The number of nitrogens with zero attached hydrogens (tertiary/aromatic N) is 3. The van der Waals surface area contributed by atoms with Gasteiger partial charge in [-0.3, -0.25) is 14.2 Å². The molecule has 0 aliphatic heterocycles. The molecule has 7 nitrogen and oxygen atoms in total. The number of thioether (sulfide) groups is 1. The van der Waals surface area contributed by atoms with Crippen LogP contribution in [-0.4, -0.2) is 45.9 Å². The minimum atomic E-state index is -0.0465. The molecule has 0 atom stereocenters. The SMILES string of the molecule is COc1ccccc1-n1cnnc1SCC(=O)c1ccc(CCNC(C)=O)cc1. The number of amides is 1. The van der Waals surface area contributed by atoms with E-state index in [0.29, 0.717) is 23.0 Å². The van der Waals surface area contributed by atoms with Crippen molar-refractivity contribution in [2.24, 2.45) is 0 Å². The molecule has 0 bridgehead atoms. The predicted molar refractivity (Wildman–Crippen MR) is 112 cm³/mol. The lowest BCUT2D eigenvalue weighted by Gasteiger charge is -2.10. The Morgan fingerprint density at radius 1 is 1.14 bits per heavy atom. The fourth-order valence-electron chi connectivity index (χ4n) is 2.77. The van der Waals surface area contributed by atoms with E-state index < -0.39 is 0 Å². The first-order valence-electron chi connectivity index (χ1n) is 9.11. The van der Waals surface area contributed by atoms with Crippen LogP contribution in [-0.2, 0) is 11.2 Å². The Hall–Kier alpha value is -3.13. The molecule has 0 spiro atoms. The zero-order chi connectivity index (χ0) is 20.6. The lowest BCUT2D eigenvalue weighted by molar-refractivity contribution is -0.118. The number of aromatic nitrogens is 3. The van der Waals surface area contributed by atoms with Crippen molar-refractivity contribution in [3.8, 4) is 11.4 Å². The first-order valence-corrected chi connectivity index (χ1v) is 10.1. The van der Waals surface area contributed by atoms with Crippen molar-refractivity contribution >= 4 is 23.5 Å². The van der Waals surface area contributed by atoms with Crippen molar-refractivity contribution in [2.75, 3.05) is 19.4 Å². The van der Waals surface area contributed by atoms with Crippen LogP contribution in [0.25, 0.3) is 5.69 Å². The van der Waals surface area contributed by atoms with Crippen LogP contribution in [0, 0.1) is 0 Å². The molecule has 0 saturated carbocycles. The van der Waals surface area contributed by atoms with Crippen LogP contribution >= 0.6 is 11.8 Å². The molecule has 29 heavy (non-hydrogen) atoms. The zero-order valence-corrected chi connectivity index (χ0v) is 17.1. The molecule has 1 aromatic heterocycles. The Labute approximate surface area is 173 Å². The third-order valence-corrected chi connectivity index (χ3v) is 5.20. The Morgan fingerprint density at radius 2 is 1.90 bits per heavy atom. The Kier molecular flexibility index (Phi) is 7.02. The van der Waals surface area contributed by atoms with Gasteiger partial charge in [-0.2, -0.15) is 0 Å². The average molecular weight is 410 g/mol. The number of nitrogens with one attached hydrogen (secondary N) is 1. The van der Waals surface area contributed by atoms with E-state index in [1.54, 1.807) is 13.4 Å². The third-order valence-electron chi connectivity index (χ3n) is 4.26. The Balaban J connectivity index is 1.62. The molecule has 0 fully saturated rings. The number of carbonyl (C=O) groups excluding carboxylic acids is 2. The fourth-order valence-corrected chi connectivity index (χ4v) is 3.59. The van der Waals surface area contributed by atoms with Crippen LogP contribution in [0.1, 0.15) is 22.8 Å². The predicted octanol–water partition coefficient (Wildman–Crippen LogP) is 2.93. The van der Waals surface area contributed by atoms with Gasteiger partial charge in [-0.15, -0.1) is 10.2 Å². The van der Waals surface area contributed by atoms with Crippen molar-refractivity contribution in [3.05, 3.63) is 66.0 Å². The van der Waals surface area contributed by atoms with Gasteiger partial charge in [0.05, 0.1) is 18.6 Å². The van der Waals surface area contributed by atoms with Gasteiger partial charge in [0.1, 0.15) is 12.1 Å². The molecule has 3 rings (SSSR count). The van der Waals surface area contributed by atoms with E-state index in [1.807, 2.05) is 53.1 Å². The normalized spacial score (nSPS) is 10.6. The second-order valence-corrected chi connectivity index (χ2v) is 7.24. The summed E-state index contributed by atoms with van der Waals surface area (Å²) in [6.45, 7) is 2.07. The first-order chi connectivity index (χ1) is 14.1. The number of para-hydroxylation sites is 2. The highest BCUT2D eigenvalue weighted by Crippen LogP contribution is 2.27. The number of benzene rings is 2. The molecule has 150 valence electrons. The summed E-state index contributed by atoms with van der Waals surface area (Å²) in [6.07, 6.45) is 2.33. The maximum atomic E-state index is 12.6. The average Bonchev–Trinajstić information content (AvgIpc) is 3.20. The van der Waals surface area contributed by atoms with Crippen LogP contribution in [0.3, 0.4) is 0 Å². The number of hydrogen-bond acceptors (Lipinski definition) is 6.